The topological polar surface area (TPSA) is 94.2 Å². The average Bonchev–Trinajstić information content (AvgIpc) is 2.75. The van der Waals surface area contributed by atoms with E-state index in [1.165, 1.54) is 21.3 Å². The Labute approximate surface area is 165 Å². The summed E-state index contributed by atoms with van der Waals surface area (Å²) in [7, 11) is 4.37. The summed E-state index contributed by atoms with van der Waals surface area (Å²) in [6, 6.07) is 5.01. The molecule has 1 aliphatic heterocycles. The molecule has 1 fully saturated rings. The Balaban J connectivity index is 1.87. The number of nitrogens with one attached hydrogen (secondary N) is 1. The highest BCUT2D eigenvalue weighted by Gasteiger charge is 2.24. The Hall–Kier alpha value is -2.77. The van der Waals surface area contributed by atoms with E-state index < -0.39 is 0 Å². The highest BCUT2D eigenvalue weighted by Crippen LogP contribution is 2.23. The average molecular weight is 392 g/mol. The van der Waals surface area contributed by atoms with Gasteiger partial charge in [0, 0.05) is 37.7 Å². The van der Waals surface area contributed by atoms with Crippen molar-refractivity contribution in [2.75, 3.05) is 41.0 Å². The van der Waals surface area contributed by atoms with Crippen molar-refractivity contribution in [2.45, 2.75) is 25.7 Å². The first-order valence-electron chi connectivity index (χ1n) is 9.32. The molecule has 0 aromatic heterocycles. The lowest BCUT2D eigenvalue weighted by molar-refractivity contribution is -0.144. The first-order valence-corrected chi connectivity index (χ1v) is 9.32. The number of benzene rings is 1. The highest BCUT2D eigenvalue weighted by atomic mass is 16.5. The number of ether oxygens (including phenoxy) is 3. The third-order valence-electron chi connectivity index (χ3n) is 4.81. The maximum Gasteiger partial charge on any atom is 0.306 e. The highest BCUT2D eigenvalue weighted by molar-refractivity contribution is 5.95. The van der Waals surface area contributed by atoms with Crippen LogP contribution in [0.4, 0.5) is 0 Å². The second-order valence-corrected chi connectivity index (χ2v) is 6.74. The first kappa shape index (κ1) is 21.5. The van der Waals surface area contributed by atoms with Crippen LogP contribution in [0.2, 0.25) is 0 Å². The molecule has 0 saturated carbocycles. The smallest absolute Gasteiger partial charge is 0.306 e. The molecule has 1 N–H and O–H groups in total. The van der Waals surface area contributed by atoms with Crippen LogP contribution < -0.4 is 14.8 Å². The van der Waals surface area contributed by atoms with Crippen LogP contribution in [0.3, 0.4) is 0 Å². The van der Waals surface area contributed by atoms with Crippen molar-refractivity contribution in [3.8, 4) is 11.5 Å². The van der Waals surface area contributed by atoms with E-state index in [4.69, 9.17) is 9.47 Å². The van der Waals surface area contributed by atoms with Crippen molar-refractivity contribution in [1.29, 1.82) is 0 Å². The number of esters is 1. The normalized spacial score (nSPS) is 16.2. The molecule has 8 nitrogen and oxygen atoms in total. The molecule has 2 amide bonds. The molecule has 1 atom stereocenters. The van der Waals surface area contributed by atoms with Gasteiger partial charge in [0.05, 0.1) is 27.8 Å². The van der Waals surface area contributed by atoms with Crippen LogP contribution in [-0.2, 0) is 14.3 Å². The van der Waals surface area contributed by atoms with Gasteiger partial charge < -0.3 is 24.4 Å². The zero-order valence-electron chi connectivity index (χ0n) is 16.7. The van der Waals surface area contributed by atoms with Gasteiger partial charge in [0.1, 0.15) is 11.5 Å². The van der Waals surface area contributed by atoms with E-state index in [-0.39, 0.29) is 36.5 Å². The number of methoxy groups -OCH3 is 3. The van der Waals surface area contributed by atoms with Gasteiger partial charge in [-0.2, -0.15) is 0 Å². The molecule has 0 spiro atoms. The van der Waals surface area contributed by atoms with Crippen LogP contribution in [0.15, 0.2) is 18.2 Å². The number of likely N-dealkylation sites (tertiary alicyclic amines) is 1. The fourth-order valence-electron chi connectivity index (χ4n) is 3.21. The predicted molar refractivity (Wildman–Crippen MR) is 102 cm³/mol. The van der Waals surface area contributed by atoms with Gasteiger partial charge in [-0.25, -0.2) is 0 Å². The Morgan fingerprint density at radius 2 is 1.75 bits per heavy atom. The molecule has 1 aromatic carbocycles. The molecular formula is C20H28N2O6. The molecule has 0 aliphatic carbocycles. The van der Waals surface area contributed by atoms with Gasteiger partial charge in [0.25, 0.3) is 5.91 Å². The SMILES string of the molecule is COC(=O)CCC(=O)N1CCCC(CNC(=O)c2cc(OC)cc(OC)c2)C1. The molecule has 1 saturated heterocycles. The lowest BCUT2D eigenvalue weighted by atomic mass is 9.97. The first-order chi connectivity index (χ1) is 13.5. The molecule has 0 bridgehead atoms. The quantitative estimate of drug-likeness (QED) is 0.676. The summed E-state index contributed by atoms with van der Waals surface area (Å²) in [5.41, 5.74) is 0.456. The number of piperidine rings is 1. The number of amides is 2. The Bertz CT molecular complexity index is 684. The van der Waals surface area contributed by atoms with Crippen LogP contribution in [0, 0.1) is 5.92 Å². The minimum Gasteiger partial charge on any atom is -0.497 e. The third-order valence-corrected chi connectivity index (χ3v) is 4.81. The minimum atomic E-state index is -0.386. The second-order valence-electron chi connectivity index (χ2n) is 6.74. The maximum absolute atomic E-state index is 12.5. The van der Waals surface area contributed by atoms with Gasteiger partial charge in [0.15, 0.2) is 0 Å². The summed E-state index contributed by atoms with van der Waals surface area (Å²) in [6.07, 6.45) is 2.04. The monoisotopic (exact) mass is 392 g/mol. The van der Waals surface area contributed by atoms with Gasteiger partial charge in [-0.1, -0.05) is 0 Å². The molecular weight excluding hydrogens is 364 g/mol. The van der Waals surface area contributed by atoms with Gasteiger partial charge in [-0.05, 0) is 30.9 Å². The lowest BCUT2D eigenvalue weighted by Crippen LogP contribution is -2.43. The summed E-state index contributed by atoms with van der Waals surface area (Å²) in [5.74, 6) is 0.606. The van der Waals surface area contributed by atoms with Gasteiger partial charge in [-0.3, -0.25) is 14.4 Å². The molecule has 1 heterocycles. The predicted octanol–water partition coefficient (Wildman–Crippen LogP) is 1.63. The van der Waals surface area contributed by atoms with Crippen molar-refractivity contribution in [3.63, 3.8) is 0 Å². The summed E-state index contributed by atoms with van der Waals surface area (Å²) in [6.45, 7) is 1.72. The molecule has 154 valence electrons. The van der Waals surface area contributed by atoms with Crippen molar-refractivity contribution < 1.29 is 28.6 Å². The standard InChI is InChI=1S/C20H28N2O6/c1-26-16-9-15(10-17(11-16)27-2)20(25)21-12-14-5-4-8-22(13-14)18(23)6-7-19(24)28-3/h9-11,14H,4-8,12-13H2,1-3H3,(H,21,25). The van der Waals surface area contributed by atoms with Crippen LogP contribution in [0.5, 0.6) is 11.5 Å². The van der Waals surface area contributed by atoms with E-state index in [1.54, 1.807) is 23.1 Å². The summed E-state index contributed by atoms with van der Waals surface area (Å²) in [5, 5.41) is 2.93. The van der Waals surface area contributed by atoms with E-state index in [9.17, 15) is 14.4 Å². The minimum absolute atomic E-state index is 0.0565. The lowest BCUT2D eigenvalue weighted by Gasteiger charge is -2.33. The van der Waals surface area contributed by atoms with E-state index in [0.717, 1.165) is 12.8 Å². The van der Waals surface area contributed by atoms with Crippen LogP contribution in [0.25, 0.3) is 0 Å². The van der Waals surface area contributed by atoms with Crippen LogP contribution in [-0.4, -0.2) is 63.6 Å². The Kier molecular flexibility index (Phi) is 8.10. The van der Waals surface area contributed by atoms with Crippen LogP contribution >= 0.6 is 0 Å². The van der Waals surface area contributed by atoms with Crippen LogP contribution in [0.1, 0.15) is 36.0 Å². The fraction of sp³-hybridized carbons (Fsp3) is 0.550. The van der Waals surface area contributed by atoms with Crippen molar-refractivity contribution in [3.05, 3.63) is 23.8 Å². The van der Waals surface area contributed by atoms with Gasteiger partial charge in [0.2, 0.25) is 5.91 Å². The maximum atomic E-state index is 12.5. The largest absolute Gasteiger partial charge is 0.497 e. The summed E-state index contributed by atoms with van der Waals surface area (Å²) < 4.78 is 15.0. The number of hydrogen-bond acceptors (Lipinski definition) is 6. The van der Waals surface area contributed by atoms with E-state index in [0.29, 0.717) is 36.7 Å². The van der Waals surface area contributed by atoms with Gasteiger partial charge >= 0.3 is 5.97 Å². The fourth-order valence-corrected chi connectivity index (χ4v) is 3.21. The second kappa shape index (κ2) is 10.5. The zero-order chi connectivity index (χ0) is 20.5. The molecule has 1 unspecified atom stereocenters. The molecule has 28 heavy (non-hydrogen) atoms. The Morgan fingerprint density at radius 3 is 2.36 bits per heavy atom. The molecule has 8 heteroatoms. The molecule has 1 aromatic rings. The zero-order valence-corrected chi connectivity index (χ0v) is 16.7. The number of hydrogen-bond donors (Lipinski definition) is 1. The Morgan fingerprint density at radius 1 is 1.07 bits per heavy atom. The van der Waals surface area contributed by atoms with E-state index in [1.807, 2.05) is 0 Å². The summed E-state index contributed by atoms with van der Waals surface area (Å²) >= 11 is 0. The van der Waals surface area contributed by atoms with Crippen molar-refractivity contribution in [2.24, 2.45) is 5.92 Å². The number of nitrogens with zero attached hydrogens (tertiary/aromatic N) is 1. The summed E-state index contributed by atoms with van der Waals surface area (Å²) in [4.78, 5) is 37.7. The number of carbonyl (C=O) groups is 3. The molecule has 2 rings (SSSR count). The number of carbonyl (C=O) groups excluding carboxylic acids is 3. The van der Waals surface area contributed by atoms with E-state index >= 15 is 0 Å². The third kappa shape index (κ3) is 6.14. The number of rotatable bonds is 8. The van der Waals surface area contributed by atoms with Crippen molar-refractivity contribution >= 4 is 17.8 Å². The van der Waals surface area contributed by atoms with Gasteiger partial charge in [-0.15, -0.1) is 0 Å². The molecule has 1 aliphatic rings. The van der Waals surface area contributed by atoms with Crippen molar-refractivity contribution in [1.82, 2.24) is 10.2 Å². The molecule has 0 radical (unpaired) electrons. The van der Waals surface area contributed by atoms with E-state index in [2.05, 4.69) is 10.1 Å².